The highest BCUT2D eigenvalue weighted by Crippen LogP contribution is 2.35. The molecule has 108 valence electrons. The summed E-state index contributed by atoms with van der Waals surface area (Å²) in [4.78, 5) is 3.37. The van der Waals surface area contributed by atoms with Crippen molar-refractivity contribution in [3.8, 4) is 0 Å². The molecule has 0 spiro atoms. The van der Waals surface area contributed by atoms with Crippen LogP contribution in [0.4, 0.5) is 0 Å². The molecule has 1 aromatic heterocycles. The zero-order valence-corrected chi connectivity index (χ0v) is 13.1. The molecule has 1 aromatic carbocycles. The third-order valence-electron chi connectivity index (χ3n) is 3.86. The van der Waals surface area contributed by atoms with Crippen LogP contribution in [0.1, 0.15) is 30.7 Å². The van der Waals surface area contributed by atoms with Gasteiger partial charge in [-0.05, 0) is 36.5 Å². The van der Waals surface area contributed by atoms with E-state index in [4.69, 9.17) is 0 Å². The van der Waals surface area contributed by atoms with Crippen LogP contribution in [0.25, 0.3) is 0 Å². The highest BCUT2D eigenvalue weighted by atomic mass is 32.1. The molecule has 20 heavy (non-hydrogen) atoms. The molecule has 0 aliphatic carbocycles. The van der Waals surface area contributed by atoms with Crippen molar-refractivity contribution in [2.24, 2.45) is 0 Å². The monoisotopic (exact) mass is 289 g/mol. The van der Waals surface area contributed by atoms with Crippen LogP contribution in [0.15, 0.2) is 47.8 Å². The van der Waals surface area contributed by atoms with E-state index in [1.807, 2.05) is 47.8 Å². The molecular formula is C17H23NOS. The molecule has 1 unspecified atom stereocenters. The normalized spacial score (nSPS) is 14.4. The number of aliphatic hydroxyl groups is 1. The summed E-state index contributed by atoms with van der Waals surface area (Å²) in [6.45, 7) is 7.26. The van der Waals surface area contributed by atoms with Crippen LogP contribution < -0.4 is 0 Å². The van der Waals surface area contributed by atoms with Gasteiger partial charge < -0.3 is 10.0 Å². The molecule has 0 aliphatic rings. The number of thiophene rings is 1. The molecule has 0 radical (unpaired) electrons. The van der Waals surface area contributed by atoms with Gasteiger partial charge in [-0.15, -0.1) is 11.3 Å². The smallest absolute Gasteiger partial charge is 0.125 e. The molecule has 0 aliphatic heterocycles. The van der Waals surface area contributed by atoms with Crippen molar-refractivity contribution >= 4 is 11.3 Å². The van der Waals surface area contributed by atoms with Crippen LogP contribution in [0, 0.1) is 0 Å². The number of benzene rings is 1. The van der Waals surface area contributed by atoms with Crippen molar-refractivity contribution in [3.05, 3.63) is 58.3 Å². The molecule has 3 heteroatoms. The summed E-state index contributed by atoms with van der Waals surface area (Å²) in [6, 6.07) is 14.0. The van der Waals surface area contributed by atoms with Crippen molar-refractivity contribution in [2.75, 3.05) is 19.6 Å². The second-order valence-electron chi connectivity index (χ2n) is 4.98. The van der Waals surface area contributed by atoms with E-state index in [0.717, 1.165) is 36.5 Å². The zero-order chi connectivity index (χ0) is 14.4. The molecule has 1 N–H and O–H groups in total. The first-order chi connectivity index (χ1) is 9.70. The van der Waals surface area contributed by atoms with Gasteiger partial charge in [0.15, 0.2) is 0 Å². The molecule has 0 saturated heterocycles. The number of rotatable bonds is 7. The Morgan fingerprint density at radius 3 is 2.30 bits per heavy atom. The average Bonchev–Trinajstić information content (AvgIpc) is 3.04. The lowest BCUT2D eigenvalue weighted by Gasteiger charge is -2.30. The highest BCUT2D eigenvalue weighted by Gasteiger charge is 2.32. The minimum absolute atomic E-state index is 0.721. The van der Waals surface area contributed by atoms with Gasteiger partial charge in [0.05, 0.1) is 0 Å². The third-order valence-corrected chi connectivity index (χ3v) is 4.89. The first-order valence-corrected chi connectivity index (χ1v) is 8.13. The molecule has 0 saturated carbocycles. The molecule has 0 bridgehead atoms. The van der Waals surface area contributed by atoms with Crippen LogP contribution in [-0.4, -0.2) is 29.6 Å². The Morgan fingerprint density at radius 1 is 1.05 bits per heavy atom. The molecule has 2 rings (SSSR count). The van der Waals surface area contributed by atoms with E-state index in [9.17, 15) is 5.11 Å². The maximum Gasteiger partial charge on any atom is 0.125 e. The maximum absolute atomic E-state index is 11.3. The predicted octanol–water partition coefficient (Wildman–Crippen LogP) is 3.72. The predicted molar refractivity (Wildman–Crippen MR) is 86.2 cm³/mol. The lowest BCUT2D eigenvalue weighted by Crippen LogP contribution is -2.33. The van der Waals surface area contributed by atoms with Gasteiger partial charge in [0.2, 0.25) is 0 Å². The summed E-state index contributed by atoms with van der Waals surface area (Å²) < 4.78 is 0. The minimum Gasteiger partial charge on any atom is -0.379 e. The summed E-state index contributed by atoms with van der Waals surface area (Å²) in [6.07, 6.45) is 0.721. The van der Waals surface area contributed by atoms with Crippen molar-refractivity contribution in [1.82, 2.24) is 4.90 Å². The second kappa shape index (κ2) is 7.02. The second-order valence-corrected chi connectivity index (χ2v) is 5.93. The zero-order valence-electron chi connectivity index (χ0n) is 12.2. The number of hydrogen-bond donors (Lipinski definition) is 1. The van der Waals surface area contributed by atoms with Crippen molar-refractivity contribution in [1.29, 1.82) is 0 Å². The van der Waals surface area contributed by atoms with Crippen LogP contribution in [0.5, 0.6) is 0 Å². The van der Waals surface area contributed by atoms with Crippen LogP contribution >= 0.6 is 11.3 Å². The van der Waals surface area contributed by atoms with Gasteiger partial charge in [-0.1, -0.05) is 50.2 Å². The first kappa shape index (κ1) is 15.2. The SMILES string of the molecule is CCN(CC)CCC(O)(c1ccccc1)c1cccs1. The van der Waals surface area contributed by atoms with Gasteiger partial charge >= 0.3 is 0 Å². The van der Waals surface area contributed by atoms with Gasteiger partial charge in [0.1, 0.15) is 5.60 Å². The topological polar surface area (TPSA) is 23.5 Å². The fourth-order valence-corrected chi connectivity index (χ4v) is 3.37. The molecular weight excluding hydrogens is 266 g/mol. The molecule has 1 heterocycles. The Bertz CT molecular complexity index is 493. The Morgan fingerprint density at radius 2 is 1.75 bits per heavy atom. The van der Waals surface area contributed by atoms with Gasteiger partial charge in [0.25, 0.3) is 0 Å². The third kappa shape index (κ3) is 3.29. The number of hydrogen-bond acceptors (Lipinski definition) is 3. The quantitative estimate of drug-likeness (QED) is 0.840. The Hall–Kier alpha value is -1.16. The molecule has 0 amide bonds. The Labute approximate surface area is 125 Å². The fraction of sp³-hybridized carbons (Fsp3) is 0.412. The van der Waals surface area contributed by atoms with E-state index in [1.165, 1.54) is 0 Å². The van der Waals surface area contributed by atoms with Crippen LogP contribution in [-0.2, 0) is 5.60 Å². The Balaban J connectivity index is 2.26. The molecule has 1 atom stereocenters. The van der Waals surface area contributed by atoms with Crippen molar-refractivity contribution in [2.45, 2.75) is 25.9 Å². The van der Waals surface area contributed by atoms with E-state index in [-0.39, 0.29) is 0 Å². The van der Waals surface area contributed by atoms with E-state index in [2.05, 4.69) is 18.7 Å². The lowest BCUT2D eigenvalue weighted by atomic mass is 9.88. The molecule has 0 fully saturated rings. The van der Waals surface area contributed by atoms with Gasteiger partial charge in [0, 0.05) is 11.4 Å². The van der Waals surface area contributed by atoms with Gasteiger partial charge in [-0.2, -0.15) is 0 Å². The van der Waals surface area contributed by atoms with Crippen molar-refractivity contribution < 1.29 is 5.11 Å². The maximum atomic E-state index is 11.3. The summed E-state index contributed by atoms with van der Waals surface area (Å²) in [5.74, 6) is 0. The van der Waals surface area contributed by atoms with E-state index < -0.39 is 5.60 Å². The summed E-state index contributed by atoms with van der Waals surface area (Å²) in [5.41, 5.74) is 0.104. The van der Waals surface area contributed by atoms with E-state index in [0.29, 0.717) is 0 Å². The first-order valence-electron chi connectivity index (χ1n) is 7.25. The van der Waals surface area contributed by atoms with Crippen LogP contribution in [0.2, 0.25) is 0 Å². The summed E-state index contributed by atoms with van der Waals surface area (Å²) in [7, 11) is 0. The Kier molecular flexibility index (Phi) is 5.35. The number of nitrogens with zero attached hydrogens (tertiary/aromatic N) is 1. The standard InChI is InChI=1S/C17H23NOS/c1-3-18(4-2)13-12-17(19,16-11-8-14-20-16)15-9-6-5-7-10-15/h5-11,14,19H,3-4,12-13H2,1-2H3. The summed E-state index contributed by atoms with van der Waals surface area (Å²) in [5, 5.41) is 13.3. The van der Waals surface area contributed by atoms with Gasteiger partial charge in [-0.25, -0.2) is 0 Å². The van der Waals surface area contributed by atoms with Gasteiger partial charge in [-0.3, -0.25) is 0 Å². The fourth-order valence-electron chi connectivity index (χ4n) is 2.50. The van der Waals surface area contributed by atoms with E-state index >= 15 is 0 Å². The lowest BCUT2D eigenvalue weighted by molar-refractivity contribution is 0.0621. The van der Waals surface area contributed by atoms with Crippen LogP contribution in [0.3, 0.4) is 0 Å². The summed E-state index contributed by atoms with van der Waals surface area (Å²) >= 11 is 1.62. The van der Waals surface area contributed by atoms with Crippen molar-refractivity contribution in [3.63, 3.8) is 0 Å². The molecule has 2 aromatic rings. The molecule has 2 nitrogen and oxygen atoms in total. The highest BCUT2D eigenvalue weighted by molar-refractivity contribution is 7.10. The van der Waals surface area contributed by atoms with E-state index in [1.54, 1.807) is 11.3 Å². The minimum atomic E-state index is -0.877. The largest absolute Gasteiger partial charge is 0.379 e. The average molecular weight is 289 g/mol.